The van der Waals surface area contributed by atoms with Gasteiger partial charge in [0.1, 0.15) is 0 Å². The zero-order valence-electron chi connectivity index (χ0n) is 15.9. The summed E-state index contributed by atoms with van der Waals surface area (Å²) < 4.78 is 2.26. The van der Waals surface area contributed by atoms with Crippen molar-refractivity contribution in [2.75, 3.05) is 0 Å². The number of carbonyl (C=O) groups excluding carboxylic acids is 1. The molecule has 0 saturated heterocycles. The number of H-pyrrole nitrogens is 1. The Morgan fingerprint density at radius 2 is 1.65 bits per heavy atom. The Morgan fingerprint density at radius 1 is 1.00 bits per heavy atom. The third kappa shape index (κ3) is 4.17. The van der Waals surface area contributed by atoms with Crippen LogP contribution in [-0.2, 0) is 0 Å². The highest BCUT2D eigenvalue weighted by Crippen LogP contribution is 2.23. The van der Waals surface area contributed by atoms with Crippen LogP contribution in [0.25, 0.3) is 16.7 Å². The molecule has 0 unspecified atom stereocenters. The van der Waals surface area contributed by atoms with Crippen molar-refractivity contribution in [2.45, 2.75) is 0 Å². The third-order valence-corrected chi connectivity index (χ3v) is 5.18. The summed E-state index contributed by atoms with van der Waals surface area (Å²) in [7, 11) is 0. The molecular formula is C22H15BrN4O4. The Labute approximate surface area is 184 Å². The van der Waals surface area contributed by atoms with Gasteiger partial charge in [-0.25, -0.2) is 4.79 Å². The number of imidazole rings is 1. The smallest absolute Gasteiger partial charge is 0.326 e. The number of nitro groups is 1. The van der Waals surface area contributed by atoms with Gasteiger partial charge in [0, 0.05) is 33.9 Å². The van der Waals surface area contributed by atoms with Crippen LogP contribution in [0.15, 0.2) is 88.3 Å². The molecule has 0 saturated carbocycles. The topological polar surface area (TPSA) is 110 Å². The number of non-ortho nitro benzene ring substituents is 1. The summed E-state index contributed by atoms with van der Waals surface area (Å²) in [5.74, 6) is -0.361. The van der Waals surface area contributed by atoms with Crippen LogP contribution in [0.1, 0.15) is 15.9 Å². The quantitative estimate of drug-likeness (QED) is 0.329. The molecule has 0 atom stereocenters. The van der Waals surface area contributed by atoms with Crippen LogP contribution >= 0.6 is 15.9 Å². The van der Waals surface area contributed by atoms with Crippen LogP contribution < -0.4 is 11.0 Å². The van der Waals surface area contributed by atoms with Crippen molar-refractivity contribution >= 4 is 44.3 Å². The van der Waals surface area contributed by atoms with Crippen molar-refractivity contribution in [3.05, 3.63) is 115 Å². The Kier molecular flexibility index (Phi) is 5.50. The SMILES string of the molecule is O=C(N/C=C(/c1ccc([N+](=O)[O-])cc1)n1c(=O)[nH]c2ccccc21)c1ccc(Br)cc1. The summed E-state index contributed by atoms with van der Waals surface area (Å²) in [6.45, 7) is 0. The van der Waals surface area contributed by atoms with Gasteiger partial charge in [-0.3, -0.25) is 19.5 Å². The number of benzene rings is 3. The molecule has 154 valence electrons. The standard InChI is InChI=1S/C22H15BrN4O4/c23-16-9-5-15(6-10-16)21(28)24-13-20(14-7-11-17(12-8-14)27(30)31)26-19-4-2-1-3-18(19)25-22(26)29/h1-13H,(H,24,28)(H,25,29)/b20-13-. The fourth-order valence-electron chi connectivity index (χ4n) is 3.14. The minimum absolute atomic E-state index is 0.0757. The molecule has 4 aromatic rings. The number of carbonyl (C=O) groups is 1. The summed E-state index contributed by atoms with van der Waals surface area (Å²) >= 11 is 3.33. The molecule has 8 nitrogen and oxygen atoms in total. The second-order valence-electron chi connectivity index (χ2n) is 6.60. The third-order valence-electron chi connectivity index (χ3n) is 4.65. The molecular weight excluding hydrogens is 464 g/mol. The molecule has 31 heavy (non-hydrogen) atoms. The average molecular weight is 479 g/mol. The van der Waals surface area contributed by atoms with Gasteiger partial charge in [0.05, 0.1) is 21.7 Å². The van der Waals surface area contributed by atoms with Gasteiger partial charge in [-0.1, -0.05) is 28.1 Å². The second kappa shape index (κ2) is 8.41. The highest BCUT2D eigenvalue weighted by atomic mass is 79.9. The lowest BCUT2D eigenvalue weighted by Gasteiger charge is -2.11. The summed E-state index contributed by atoms with van der Waals surface area (Å²) in [4.78, 5) is 38.6. The molecule has 0 fully saturated rings. The van der Waals surface area contributed by atoms with E-state index in [1.54, 1.807) is 48.5 Å². The predicted octanol–water partition coefficient (Wildman–Crippen LogP) is 4.28. The first kappa shape index (κ1) is 20.3. The lowest BCUT2D eigenvalue weighted by Crippen LogP contribution is -2.22. The molecule has 0 aliphatic heterocycles. The number of aromatic amines is 1. The minimum Gasteiger partial charge on any atom is -0.326 e. The maximum Gasteiger partial charge on any atom is 0.331 e. The molecule has 2 N–H and O–H groups in total. The molecule has 3 aromatic carbocycles. The van der Waals surface area contributed by atoms with Gasteiger partial charge in [-0.15, -0.1) is 0 Å². The number of halogens is 1. The highest BCUT2D eigenvalue weighted by Gasteiger charge is 2.15. The van der Waals surface area contributed by atoms with Gasteiger partial charge in [-0.05, 0) is 48.5 Å². The van der Waals surface area contributed by atoms with E-state index >= 15 is 0 Å². The lowest BCUT2D eigenvalue weighted by molar-refractivity contribution is -0.384. The number of rotatable bonds is 5. The van der Waals surface area contributed by atoms with E-state index < -0.39 is 10.6 Å². The van der Waals surface area contributed by atoms with Crippen LogP contribution in [0, 0.1) is 10.1 Å². The first-order chi connectivity index (χ1) is 14.9. The van der Waals surface area contributed by atoms with Gasteiger partial charge in [-0.2, -0.15) is 0 Å². The van der Waals surface area contributed by atoms with Crippen molar-refractivity contribution in [2.24, 2.45) is 0 Å². The number of nitrogens with zero attached hydrogens (tertiary/aromatic N) is 2. The van der Waals surface area contributed by atoms with E-state index in [-0.39, 0.29) is 11.6 Å². The molecule has 0 aliphatic carbocycles. The number of para-hydroxylation sites is 2. The Morgan fingerprint density at radius 3 is 2.32 bits per heavy atom. The van der Waals surface area contributed by atoms with Crippen molar-refractivity contribution < 1.29 is 9.72 Å². The van der Waals surface area contributed by atoms with E-state index in [4.69, 9.17) is 0 Å². The Balaban J connectivity index is 1.80. The molecule has 0 spiro atoms. The van der Waals surface area contributed by atoms with E-state index in [9.17, 15) is 19.7 Å². The minimum atomic E-state index is -0.500. The maximum atomic E-state index is 12.7. The Hall–Kier alpha value is -3.98. The zero-order valence-corrected chi connectivity index (χ0v) is 17.5. The second-order valence-corrected chi connectivity index (χ2v) is 7.51. The van der Waals surface area contributed by atoms with E-state index in [1.807, 2.05) is 0 Å². The van der Waals surface area contributed by atoms with Gasteiger partial charge >= 0.3 is 5.69 Å². The number of nitro benzene ring substituents is 1. The number of nitrogens with one attached hydrogen (secondary N) is 2. The zero-order chi connectivity index (χ0) is 22.0. The van der Waals surface area contributed by atoms with Crippen LogP contribution in [0.4, 0.5) is 5.69 Å². The van der Waals surface area contributed by atoms with Crippen molar-refractivity contribution in [3.8, 4) is 0 Å². The predicted molar refractivity (Wildman–Crippen MR) is 121 cm³/mol. The van der Waals surface area contributed by atoms with Crippen molar-refractivity contribution in [1.29, 1.82) is 0 Å². The largest absolute Gasteiger partial charge is 0.331 e. The number of aromatic nitrogens is 2. The molecule has 0 radical (unpaired) electrons. The van der Waals surface area contributed by atoms with Gasteiger partial charge in [0.15, 0.2) is 0 Å². The van der Waals surface area contributed by atoms with Crippen LogP contribution in [0.3, 0.4) is 0 Å². The molecule has 1 aromatic heterocycles. The lowest BCUT2D eigenvalue weighted by atomic mass is 10.1. The molecule has 1 amide bonds. The van der Waals surface area contributed by atoms with Crippen molar-refractivity contribution in [1.82, 2.24) is 14.9 Å². The fourth-order valence-corrected chi connectivity index (χ4v) is 3.41. The molecule has 0 bridgehead atoms. The molecule has 4 rings (SSSR count). The van der Waals surface area contributed by atoms with E-state index in [0.717, 1.165) is 4.47 Å². The summed E-state index contributed by atoms with van der Waals surface area (Å²) in [5, 5.41) is 13.7. The summed E-state index contributed by atoms with van der Waals surface area (Å²) in [5.41, 5.74) is 2.08. The normalized spacial score (nSPS) is 11.5. The molecule has 9 heteroatoms. The van der Waals surface area contributed by atoms with Crippen LogP contribution in [0.5, 0.6) is 0 Å². The van der Waals surface area contributed by atoms with E-state index in [2.05, 4.69) is 26.2 Å². The average Bonchev–Trinajstić information content (AvgIpc) is 3.10. The highest BCUT2D eigenvalue weighted by molar-refractivity contribution is 9.10. The maximum absolute atomic E-state index is 12.7. The molecule has 1 heterocycles. The van der Waals surface area contributed by atoms with E-state index in [1.165, 1.54) is 35.0 Å². The summed E-state index contributed by atoms with van der Waals surface area (Å²) in [6.07, 6.45) is 1.42. The van der Waals surface area contributed by atoms with Crippen LogP contribution in [0.2, 0.25) is 0 Å². The monoisotopic (exact) mass is 478 g/mol. The van der Waals surface area contributed by atoms with Gasteiger partial charge < -0.3 is 10.3 Å². The Bertz CT molecular complexity index is 1370. The first-order valence-electron chi connectivity index (χ1n) is 9.15. The molecule has 0 aliphatic rings. The number of fused-ring (bicyclic) bond motifs is 1. The number of hydrogen-bond acceptors (Lipinski definition) is 4. The fraction of sp³-hybridized carbons (Fsp3) is 0. The number of amides is 1. The number of hydrogen-bond donors (Lipinski definition) is 2. The first-order valence-corrected chi connectivity index (χ1v) is 9.95. The van der Waals surface area contributed by atoms with Gasteiger partial charge in [0.2, 0.25) is 0 Å². The van der Waals surface area contributed by atoms with Gasteiger partial charge in [0.25, 0.3) is 11.6 Å². The summed E-state index contributed by atoms with van der Waals surface area (Å²) in [6, 6.07) is 19.7. The van der Waals surface area contributed by atoms with E-state index in [0.29, 0.717) is 27.9 Å². The van der Waals surface area contributed by atoms with Crippen molar-refractivity contribution in [3.63, 3.8) is 0 Å². The van der Waals surface area contributed by atoms with Crippen LogP contribution in [-0.4, -0.2) is 20.4 Å².